The largest absolute Gasteiger partial charge is 0.465 e. The molecule has 0 saturated carbocycles. The first-order valence-corrected chi connectivity index (χ1v) is 8.48. The number of piperidine rings is 1. The van der Waals surface area contributed by atoms with Gasteiger partial charge in [-0.3, -0.25) is 0 Å². The molecule has 0 amide bonds. The Morgan fingerprint density at radius 2 is 1.75 bits per heavy atom. The van der Waals surface area contributed by atoms with E-state index in [1.165, 1.54) is 23.4 Å². The number of hydrogen-bond donors (Lipinski definition) is 0. The lowest BCUT2D eigenvalue weighted by atomic mass is 10.0. The van der Waals surface area contributed by atoms with E-state index in [0.29, 0.717) is 11.6 Å². The Morgan fingerprint density at radius 3 is 2.50 bits per heavy atom. The number of aromatic nitrogens is 1. The summed E-state index contributed by atoms with van der Waals surface area (Å²) in [7, 11) is 3.61. The number of hydrogen-bond acceptors (Lipinski definition) is 3. The fourth-order valence-electron chi connectivity index (χ4n) is 3.89. The third kappa shape index (κ3) is 2.38. The molecular weight excluding hydrogens is 300 g/mol. The molecule has 0 bridgehead atoms. The van der Waals surface area contributed by atoms with Gasteiger partial charge in [0, 0.05) is 22.3 Å². The van der Waals surface area contributed by atoms with Crippen LogP contribution in [0.2, 0.25) is 0 Å². The van der Waals surface area contributed by atoms with Gasteiger partial charge in [0.15, 0.2) is 0 Å². The van der Waals surface area contributed by atoms with Gasteiger partial charge in [-0.25, -0.2) is 4.79 Å². The summed E-state index contributed by atoms with van der Waals surface area (Å²) < 4.78 is 7.34. The number of esters is 1. The summed E-state index contributed by atoms with van der Waals surface area (Å²) in [6, 6.07) is 14.9. The number of nitrogens with zero attached hydrogens (tertiary/aromatic N) is 2. The first-order valence-electron chi connectivity index (χ1n) is 8.48. The summed E-state index contributed by atoms with van der Waals surface area (Å²) in [4.78, 5) is 14.3. The smallest absolute Gasteiger partial charge is 0.337 e. The minimum atomic E-state index is -0.280. The van der Waals surface area contributed by atoms with Gasteiger partial charge in [-0.05, 0) is 51.2 Å². The van der Waals surface area contributed by atoms with E-state index >= 15 is 0 Å². The molecular formula is C20H22N2O2. The monoisotopic (exact) mass is 322 g/mol. The first-order chi connectivity index (χ1) is 11.7. The summed E-state index contributed by atoms with van der Waals surface area (Å²) in [5.41, 5.74) is 3.00. The number of carbonyl (C=O) groups excluding carboxylic acids is 1. The number of rotatable bonds is 2. The second-order valence-electron chi connectivity index (χ2n) is 6.65. The highest BCUT2D eigenvalue weighted by molar-refractivity contribution is 6.09. The highest BCUT2D eigenvalue weighted by Crippen LogP contribution is 2.35. The van der Waals surface area contributed by atoms with E-state index in [2.05, 4.69) is 46.8 Å². The predicted octanol–water partition coefficient (Wildman–Crippen LogP) is 3.85. The number of carbonyl (C=O) groups is 1. The summed E-state index contributed by atoms with van der Waals surface area (Å²) >= 11 is 0. The van der Waals surface area contributed by atoms with Crippen LogP contribution in [0.15, 0.2) is 42.5 Å². The molecule has 4 nitrogen and oxygen atoms in total. The molecule has 4 rings (SSSR count). The summed E-state index contributed by atoms with van der Waals surface area (Å²) in [5.74, 6) is -0.280. The number of benzene rings is 2. The molecule has 124 valence electrons. The standard InChI is InChI=1S/C20H22N2O2/c1-21-11-9-15(10-12-21)22-18-6-4-3-5-16(18)17-8-7-14(13-19(17)22)20(23)24-2/h3-8,13,15H,9-12H2,1-2H3. The fraction of sp³-hybridized carbons (Fsp3) is 0.350. The third-order valence-corrected chi connectivity index (χ3v) is 5.19. The van der Waals surface area contributed by atoms with Gasteiger partial charge >= 0.3 is 5.97 Å². The lowest BCUT2D eigenvalue weighted by molar-refractivity contribution is 0.0601. The Balaban J connectivity index is 1.95. The Kier molecular flexibility index (Phi) is 3.77. The normalized spacial score (nSPS) is 16.8. The topological polar surface area (TPSA) is 34.5 Å². The molecule has 3 aromatic rings. The molecule has 24 heavy (non-hydrogen) atoms. The van der Waals surface area contributed by atoms with Crippen molar-refractivity contribution in [1.29, 1.82) is 0 Å². The second-order valence-corrected chi connectivity index (χ2v) is 6.65. The highest BCUT2D eigenvalue weighted by Gasteiger charge is 2.23. The van der Waals surface area contributed by atoms with Crippen LogP contribution < -0.4 is 0 Å². The van der Waals surface area contributed by atoms with E-state index in [4.69, 9.17) is 4.74 Å². The van der Waals surface area contributed by atoms with Crippen molar-refractivity contribution >= 4 is 27.8 Å². The molecule has 0 unspecified atom stereocenters. The van der Waals surface area contributed by atoms with Crippen LogP contribution in [0, 0.1) is 0 Å². The van der Waals surface area contributed by atoms with Crippen molar-refractivity contribution in [3.63, 3.8) is 0 Å². The Hall–Kier alpha value is -2.33. The van der Waals surface area contributed by atoms with Gasteiger partial charge in [0.25, 0.3) is 0 Å². The number of fused-ring (bicyclic) bond motifs is 3. The minimum absolute atomic E-state index is 0.280. The van der Waals surface area contributed by atoms with Crippen molar-refractivity contribution in [2.24, 2.45) is 0 Å². The fourth-order valence-corrected chi connectivity index (χ4v) is 3.89. The minimum Gasteiger partial charge on any atom is -0.465 e. The molecule has 1 saturated heterocycles. The average molecular weight is 322 g/mol. The molecule has 1 aliphatic heterocycles. The van der Waals surface area contributed by atoms with Crippen LogP contribution in [0.4, 0.5) is 0 Å². The van der Waals surface area contributed by atoms with Crippen LogP contribution in [-0.4, -0.2) is 42.7 Å². The van der Waals surface area contributed by atoms with Crippen molar-refractivity contribution in [3.8, 4) is 0 Å². The van der Waals surface area contributed by atoms with Crippen molar-refractivity contribution in [2.75, 3.05) is 27.2 Å². The lowest BCUT2D eigenvalue weighted by Gasteiger charge is -2.31. The maximum Gasteiger partial charge on any atom is 0.337 e. The zero-order valence-electron chi connectivity index (χ0n) is 14.2. The van der Waals surface area contributed by atoms with Crippen LogP contribution in [0.5, 0.6) is 0 Å². The molecule has 0 aliphatic carbocycles. The van der Waals surface area contributed by atoms with Gasteiger partial charge < -0.3 is 14.2 Å². The van der Waals surface area contributed by atoms with E-state index < -0.39 is 0 Å². The molecule has 1 fully saturated rings. The first kappa shape index (κ1) is 15.2. The third-order valence-electron chi connectivity index (χ3n) is 5.19. The van der Waals surface area contributed by atoms with Gasteiger partial charge in [0.2, 0.25) is 0 Å². The van der Waals surface area contributed by atoms with Gasteiger partial charge in [-0.1, -0.05) is 24.3 Å². The molecule has 0 atom stereocenters. The predicted molar refractivity (Wildman–Crippen MR) is 96.6 cm³/mol. The van der Waals surface area contributed by atoms with E-state index in [1.807, 2.05) is 12.1 Å². The highest BCUT2D eigenvalue weighted by atomic mass is 16.5. The number of ether oxygens (including phenoxy) is 1. The van der Waals surface area contributed by atoms with E-state index in [1.54, 1.807) is 0 Å². The van der Waals surface area contributed by atoms with Crippen molar-refractivity contribution in [2.45, 2.75) is 18.9 Å². The zero-order valence-corrected chi connectivity index (χ0v) is 14.2. The number of likely N-dealkylation sites (tertiary alicyclic amines) is 1. The van der Waals surface area contributed by atoms with Crippen LogP contribution in [-0.2, 0) is 4.74 Å². The SMILES string of the molecule is COC(=O)c1ccc2c3ccccc3n(C3CCN(C)CC3)c2c1. The van der Waals surface area contributed by atoms with E-state index in [0.717, 1.165) is 31.4 Å². The Bertz CT molecular complexity index is 905. The molecule has 0 radical (unpaired) electrons. The van der Waals surface area contributed by atoms with Crippen molar-refractivity contribution in [3.05, 3.63) is 48.0 Å². The quantitative estimate of drug-likeness (QED) is 0.672. The van der Waals surface area contributed by atoms with Crippen molar-refractivity contribution in [1.82, 2.24) is 9.47 Å². The van der Waals surface area contributed by atoms with Gasteiger partial charge in [-0.2, -0.15) is 0 Å². The second kappa shape index (κ2) is 5.95. The molecule has 1 aromatic heterocycles. The number of methoxy groups -OCH3 is 1. The number of para-hydroxylation sites is 1. The van der Waals surface area contributed by atoms with Gasteiger partial charge in [-0.15, -0.1) is 0 Å². The van der Waals surface area contributed by atoms with Crippen LogP contribution >= 0.6 is 0 Å². The maximum atomic E-state index is 12.0. The van der Waals surface area contributed by atoms with Gasteiger partial charge in [0.1, 0.15) is 0 Å². The summed E-state index contributed by atoms with van der Waals surface area (Å²) in [6.07, 6.45) is 2.26. The Labute approximate surface area is 141 Å². The van der Waals surface area contributed by atoms with E-state index in [9.17, 15) is 4.79 Å². The van der Waals surface area contributed by atoms with Crippen LogP contribution in [0.3, 0.4) is 0 Å². The summed E-state index contributed by atoms with van der Waals surface area (Å²) in [5, 5.41) is 2.46. The molecule has 2 heterocycles. The van der Waals surface area contributed by atoms with E-state index in [-0.39, 0.29) is 5.97 Å². The van der Waals surface area contributed by atoms with Crippen molar-refractivity contribution < 1.29 is 9.53 Å². The molecule has 1 aliphatic rings. The molecule has 2 aromatic carbocycles. The zero-order chi connectivity index (χ0) is 16.7. The van der Waals surface area contributed by atoms with Crippen LogP contribution in [0.1, 0.15) is 29.2 Å². The molecule has 0 spiro atoms. The van der Waals surface area contributed by atoms with Gasteiger partial charge in [0.05, 0.1) is 18.2 Å². The van der Waals surface area contributed by atoms with Crippen LogP contribution in [0.25, 0.3) is 21.8 Å². The molecule has 0 N–H and O–H groups in total. The maximum absolute atomic E-state index is 12.0. The lowest BCUT2D eigenvalue weighted by Crippen LogP contribution is -2.31. The Morgan fingerprint density at radius 1 is 1.04 bits per heavy atom. The molecule has 4 heteroatoms. The summed E-state index contributed by atoms with van der Waals surface area (Å²) in [6.45, 7) is 2.21. The average Bonchev–Trinajstić information content (AvgIpc) is 2.95.